The van der Waals surface area contributed by atoms with Crippen molar-refractivity contribution in [2.24, 2.45) is 0 Å². The van der Waals surface area contributed by atoms with Crippen molar-refractivity contribution < 1.29 is 4.79 Å². The zero-order valence-electron chi connectivity index (χ0n) is 14.1. The Kier molecular flexibility index (Phi) is 5.18. The quantitative estimate of drug-likeness (QED) is 0.660. The summed E-state index contributed by atoms with van der Waals surface area (Å²) in [6, 6.07) is 15.8. The lowest BCUT2D eigenvalue weighted by Gasteiger charge is -2.25. The SMILES string of the molecule is CCCCc1c(C(=O)c2ccccc2)cccc1C(C)(C)C. The third-order valence-electron chi connectivity index (χ3n) is 4.04. The van der Waals surface area contributed by atoms with Crippen LogP contribution in [0.2, 0.25) is 0 Å². The Morgan fingerprint density at radius 3 is 2.23 bits per heavy atom. The van der Waals surface area contributed by atoms with Gasteiger partial charge in [0.05, 0.1) is 0 Å². The van der Waals surface area contributed by atoms with Crippen LogP contribution in [0.4, 0.5) is 0 Å². The van der Waals surface area contributed by atoms with Crippen LogP contribution in [-0.2, 0) is 11.8 Å². The molecule has 2 rings (SSSR count). The van der Waals surface area contributed by atoms with E-state index in [1.54, 1.807) is 0 Å². The summed E-state index contributed by atoms with van der Waals surface area (Å²) in [4.78, 5) is 12.9. The molecule has 0 unspecified atom stereocenters. The molecular weight excluding hydrogens is 268 g/mol. The molecule has 22 heavy (non-hydrogen) atoms. The molecule has 1 nitrogen and oxygen atoms in total. The molecule has 0 N–H and O–H groups in total. The van der Waals surface area contributed by atoms with Gasteiger partial charge in [-0.05, 0) is 29.4 Å². The van der Waals surface area contributed by atoms with Gasteiger partial charge >= 0.3 is 0 Å². The first-order valence-electron chi connectivity index (χ1n) is 8.17. The highest BCUT2D eigenvalue weighted by atomic mass is 16.1. The molecule has 0 saturated carbocycles. The van der Waals surface area contributed by atoms with E-state index in [9.17, 15) is 4.79 Å². The highest BCUT2D eigenvalue weighted by Crippen LogP contribution is 2.30. The molecule has 0 spiro atoms. The molecule has 0 aromatic heterocycles. The van der Waals surface area contributed by atoms with Gasteiger partial charge in [-0.1, -0.05) is 82.6 Å². The van der Waals surface area contributed by atoms with E-state index in [4.69, 9.17) is 0 Å². The lowest BCUT2D eigenvalue weighted by Crippen LogP contribution is -2.17. The van der Waals surface area contributed by atoms with Crippen molar-refractivity contribution >= 4 is 5.78 Å². The molecule has 0 aliphatic rings. The minimum Gasteiger partial charge on any atom is -0.289 e. The molecule has 0 saturated heterocycles. The Morgan fingerprint density at radius 1 is 0.955 bits per heavy atom. The average Bonchev–Trinajstić information content (AvgIpc) is 2.51. The fourth-order valence-corrected chi connectivity index (χ4v) is 2.87. The normalized spacial score (nSPS) is 11.5. The smallest absolute Gasteiger partial charge is 0.193 e. The van der Waals surface area contributed by atoms with Crippen LogP contribution in [0, 0.1) is 0 Å². The summed E-state index contributed by atoms with van der Waals surface area (Å²) in [7, 11) is 0. The van der Waals surface area contributed by atoms with Crippen LogP contribution < -0.4 is 0 Å². The number of carbonyl (C=O) groups is 1. The fourth-order valence-electron chi connectivity index (χ4n) is 2.87. The van der Waals surface area contributed by atoms with Crippen LogP contribution in [0.15, 0.2) is 48.5 Å². The Hall–Kier alpha value is -1.89. The summed E-state index contributed by atoms with van der Waals surface area (Å²) < 4.78 is 0. The maximum Gasteiger partial charge on any atom is 0.193 e. The number of benzene rings is 2. The van der Waals surface area contributed by atoms with E-state index in [1.807, 2.05) is 42.5 Å². The molecule has 1 heteroatoms. The predicted molar refractivity (Wildman–Crippen MR) is 93.6 cm³/mol. The zero-order chi connectivity index (χ0) is 16.2. The molecule has 2 aromatic rings. The van der Waals surface area contributed by atoms with Gasteiger partial charge in [0.2, 0.25) is 0 Å². The number of rotatable bonds is 5. The molecule has 0 heterocycles. The second-order valence-corrected chi connectivity index (χ2v) is 6.88. The monoisotopic (exact) mass is 294 g/mol. The van der Waals surface area contributed by atoms with Gasteiger partial charge in [0.15, 0.2) is 5.78 Å². The molecule has 0 amide bonds. The number of unbranched alkanes of at least 4 members (excludes halogenated alkanes) is 1. The summed E-state index contributed by atoms with van der Waals surface area (Å²) in [5, 5.41) is 0. The first kappa shape index (κ1) is 16.5. The predicted octanol–water partition coefficient (Wildman–Crippen LogP) is 5.56. The molecule has 2 aromatic carbocycles. The first-order valence-corrected chi connectivity index (χ1v) is 8.17. The van der Waals surface area contributed by atoms with Crippen molar-refractivity contribution in [1.29, 1.82) is 0 Å². The maximum absolute atomic E-state index is 12.9. The third-order valence-corrected chi connectivity index (χ3v) is 4.04. The van der Waals surface area contributed by atoms with Crippen molar-refractivity contribution in [2.75, 3.05) is 0 Å². The van der Waals surface area contributed by atoms with Gasteiger partial charge in [0.25, 0.3) is 0 Å². The van der Waals surface area contributed by atoms with Gasteiger partial charge in [-0.25, -0.2) is 0 Å². The second-order valence-electron chi connectivity index (χ2n) is 6.88. The standard InChI is InChI=1S/C21H26O/c1-5-6-13-17-18(14-10-15-19(17)21(2,3)4)20(22)16-11-8-7-9-12-16/h7-12,14-15H,5-6,13H2,1-4H3. The molecule has 0 radical (unpaired) electrons. The molecule has 0 aliphatic heterocycles. The number of hydrogen-bond acceptors (Lipinski definition) is 1. The number of hydrogen-bond donors (Lipinski definition) is 0. The molecule has 0 bridgehead atoms. The topological polar surface area (TPSA) is 17.1 Å². The van der Waals surface area contributed by atoms with Crippen LogP contribution in [0.3, 0.4) is 0 Å². The van der Waals surface area contributed by atoms with Crippen LogP contribution in [0.1, 0.15) is 67.6 Å². The maximum atomic E-state index is 12.9. The molecule has 0 fully saturated rings. The van der Waals surface area contributed by atoms with E-state index in [2.05, 4.69) is 33.8 Å². The van der Waals surface area contributed by atoms with Gasteiger partial charge in [-0.15, -0.1) is 0 Å². The van der Waals surface area contributed by atoms with E-state index in [1.165, 1.54) is 11.1 Å². The summed E-state index contributed by atoms with van der Waals surface area (Å²) in [5.74, 6) is 0.137. The highest BCUT2D eigenvalue weighted by molar-refractivity contribution is 6.10. The third kappa shape index (κ3) is 3.65. The minimum absolute atomic E-state index is 0.0516. The summed E-state index contributed by atoms with van der Waals surface area (Å²) in [5.41, 5.74) is 4.21. The summed E-state index contributed by atoms with van der Waals surface area (Å²) in [6.07, 6.45) is 3.22. The Balaban J connectivity index is 2.53. The van der Waals surface area contributed by atoms with E-state index in [0.717, 1.165) is 30.4 Å². The van der Waals surface area contributed by atoms with E-state index in [-0.39, 0.29) is 11.2 Å². The van der Waals surface area contributed by atoms with Crippen molar-refractivity contribution in [3.8, 4) is 0 Å². The van der Waals surface area contributed by atoms with E-state index < -0.39 is 0 Å². The fraction of sp³-hybridized carbons (Fsp3) is 0.381. The van der Waals surface area contributed by atoms with Gasteiger partial charge in [0, 0.05) is 11.1 Å². The molecular formula is C21H26O. The molecule has 116 valence electrons. The van der Waals surface area contributed by atoms with Crippen LogP contribution in [-0.4, -0.2) is 5.78 Å². The van der Waals surface area contributed by atoms with Gasteiger partial charge < -0.3 is 0 Å². The lowest BCUT2D eigenvalue weighted by atomic mass is 9.79. The Morgan fingerprint density at radius 2 is 1.64 bits per heavy atom. The van der Waals surface area contributed by atoms with Crippen molar-refractivity contribution in [2.45, 2.75) is 52.4 Å². The molecule has 0 aliphatic carbocycles. The molecule has 0 atom stereocenters. The number of carbonyl (C=O) groups excluding carboxylic acids is 1. The number of ketones is 1. The first-order chi connectivity index (χ1) is 10.4. The van der Waals surface area contributed by atoms with Crippen LogP contribution in [0.5, 0.6) is 0 Å². The van der Waals surface area contributed by atoms with Gasteiger partial charge in [-0.2, -0.15) is 0 Å². The summed E-state index contributed by atoms with van der Waals surface area (Å²) in [6.45, 7) is 8.84. The second kappa shape index (κ2) is 6.91. The van der Waals surface area contributed by atoms with Crippen molar-refractivity contribution in [1.82, 2.24) is 0 Å². The van der Waals surface area contributed by atoms with E-state index >= 15 is 0 Å². The Bertz CT molecular complexity index is 633. The van der Waals surface area contributed by atoms with Crippen molar-refractivity contribution in [3.63, 3.8) is 0 Å². The minimum atomic E-state index is 0.0516. The van der Waals surface area contributed by atoms with Crippen molar-refractivity contribution in [3.05, 3.63) is 70.8 Å². The highest BCUT2D eigenvalue weighted by Gasteiger charge is 2.22. The lowest BCUT2D eigenvalue weighted by molar-refractivity contribution is 0.103. The zero-order valence-corrected chi connectivity index (χ0v) is 14.1. The Labute approximate surface area is 134 Å². The van der Waals surface area contributed by atoms with Crippen LogP contribution >= 0.6 is 0 Å². The average molecular weight is 294 g/mol. The van der Waals surface area contributed by atoms with E-state index in [0.29, 0.717) is 0 Å². The largest absolute Gasteiger partial charge is 0.289 e. The van der Waals surface area contributed by atoms with Gasteiger partial charge in [0.1, 0.15) is 0 Å². The summed E-state index contributed by atoms with van der Waals surface area (Å²) >= 11 is 0. The van der Waals surface area contributed by atoms with Crippen LogP contribution in [0.25, 0.3) is 0 Å². The van der Waals surface area contributed by atoms with Gasteiger partial charge in [-0.3, -0.25) is 4.79 Å².